The third-order valence-electron chi connectivity index (χ3n) is 5.14. The summed E-state index contributed by atoms with van der Waals surface area (Å²) in [6.45, 7) is 4.71. The van der Waals surface area contributed by atoms with E-state index in [1.165, 1.54) is 20.2 Å². The fourth-order valence-electron chi connectivity index (χ4n) is 3.65. The Hall–Kier alpha value is -2.04. The maximum absolute atomic E-state index is 12.4. The lowest BCUT2D eigenvalue weighted by atomic mass is 10.1. The molecule has 1 aromatic carbocycles. The first kappa shape index (κ1) is 24.6. The summed E-state index contributed by atoms with van der Waals surface area (Å²) < 4.78 is 32.2. The normalized spacial score (nSPS) is 19.1. The van der Waals surface area contributed by atoms with Gasteiger partial charge >= 0.3 is 0 Å². The summed E-state index contributed by atoms with van der Waals surface area (Å²) in [6.07, 6.45) is 6.14. The van der Waals surface area contributed by atoms with Gasteiger partial charge in [-0.25, -0.2) is 9.97 Å². The maximum Gasteiger partial charge on any atom is 0.296 e. The summed E-state index contributed by atoms with van der Waals surface area (Å²) in [5, 5.41) is 17.4. The fourth-order valence-corrected chi connectivity index (χ4v) is 4.81. The van der Waals surface area contributed by atoms with Gasteiger partial charge in [0.25, 0.3) is 10.1 Å². The molecule has 2 unspecified atom stereocenters. The second-order valence-corrected chi connectivity index (χ2v) is 10.5. The summed E-state index contributed by atoms with van der Waals surface area (Å²) in [4.78, 5) is 8.55. The highest BCUT2D eigenvalue weighted by molar-refractivity contribution is 7.86. The highest BCUT2D eigenvalue weighted by Crippen LogP contribution is 2.37. The van der Waals surface area contributed by atoms with Crippen molar-refractivity contribution in [2.24, 2.45) is 5.92 Å². The molecule has 1 aliphatic rings. The average molecular weight is 482 g/mol. The molecule has 3 aromatic rings. The van der Waals surface area contributed by atoms with Gasteiger partial charge in [0.2, 0.25) is 0 Å². The lowest BCUT2D eigenvalue weighted by molar-refractivity contribution is -0.127. The topological polar surface area (TPSA) is 115 Å². The number of hydrogen-bond acceptors (Lipinski definition) is 7. The van der Waals surface area contributed by atoms with E-state index in [-0.39, 0.29) is 23.5 Å². The van der Waals surface area contributed by atoms with Gasteiger partial charge in [-0.3, -0.25) is 4.18 Å². The maximum atomic E-state index is 12.4. The van der Waals surface area contributed by atoms with Crippen LogP contribution in [-0.2, 0) is 14.3 Å². The van der Waals surface area contributed by atoms with Crippen LogP contribution in [-0.4, -0.2) is 45.6 Å². The fraction of sp³-hybridized carbons (Fsp3) is 0.455. The van der Waals surface area contributed by atoms with Crippen molar-refractivity contribution in [3.63, 3.8) is 0 Å². The van der Waals surface area contributed by atoms with Crippen LogP contribution in [0.1, 0.15) is 44.7 Å². The van der Waals surface area contributed by atoms with Gasteiger partial charge < -0.3 is 14.8 Å². The number of nitrogens with zero attached hydrogens (tertiary/aromatic N) is 3. The molecule has 0 amide bonds. The molecule has 4 rings (SSSR count). The Balaban J connectivity index is 0.000000523. The number of halogens is 1. The predicted molar refractivity (Wildman–Crippen MR) is 122 cm³/mol. The van der Waals surface area contributed by atoms with Crippen molar-refractivity contribution in [1.29, 1.82) is 0 Å². The highest BCUT2D eigenvalue weighted by Gasteiger charge is 2.29. The quantitative estimate of drug-likeness (QED) is 0.323. The number of benzene rings is 1. The van der Waals surface area contributed by atoms with Crippen molar-refractivity contribution in [2.45, 2.75) is 56.8 Å². The molecule has 0 radical (unpaired) electrons. The van der Waals surface area contributed by atoms with Crippen LogP contribution in [0.3, 0.4) is 0 Å². The molecule has 8 nitrogen and oxygen atoms in total. The van der Waals surface area contributed by atoms with Gasteiger partial charge in [0, 0.05) is 12.2 Å². The van der Waals surface area contributed by atoms with Crippen LogP contribution in [0, 0.1) is 12.8 Å². The van der Waals surface area contributed by atoms with Crippen LogP contribution in [0.15, 0.2) is 47.8 Å². The first-order valence-corrected chi connectivity index (χ1v) is 12.1. The Bertz CT molecular complexity index is 1150. The number of hydrogen-bond donors (Lipinski definition) is 2. The molecular weight excluding hydrogens is 454 g/mol. The number of aliphatic hydroxyl groups is 2. The molecule has 2 atom stereocenters. The van der Waals surface area contributed by atoms with E-state index in [1.54, 1.807) is 24.3 Å². The SMILES string of the molecule is CC(C)(O)O.Cc1ccc(S(=O)(=O)OCC2CCC(n3ccc4c(Cl)ncnc43)C2)cc1. The van der Waals surface area contributed by atoms with Gasteiger partial charge in [0.15, 0.2) is 5.79 Å². The van der Waals surface area contributed by atoms with Crippen LogP contribution in [0.4, 0.5) is 0 Å². The summed E-state index contributed by atoms with van der Waals surface area (Å²) in [5.41, 5.74) is 1.82. The van der Waals surface area contributed by atoms with Crippen LogP contribution in [0.5, 0.6) is 0 Å². The van der Waals surface area contributed by atoms with E-state index in [2.05, 4.69) is 14.5 Å². The van der Waals surface area contributed by atoms with Crippen molar-refractivity contribution in [2.75, 3.05) is 6.61 Å². The minimum Gasteiger partial charge on any atom is -0.366 e. The molecule has 1 saturated carbocycles. The lowest BCUT2D eigenvalue weighted by Crippen LogP contribution is -2.15. The third-order valence-corrected chi connectivity index (χ3v) is 6.73. The lowest BCUT2D eigenvalue weighted by Gasteiger charge is -2.14. The predicted octanol–water partition coefficient (Wildman–Crippen LogP) is 3.85. The Kier molecular flexibility index (Phi) is 7.57. The zero-order chi connectivity index (χ0) is 23.5. The molecule has 1 aliphatic carbocycles. The number of aromatic nitrogens is 3. The molecule has 32 heavy (non-hydrogen) atoms. The summed E-state index contributed by atoms with van der Waals surface area (Å²) in [6, 6.07) is 8.88. The first-order chi connectivity index (χ1) is 14.9. The second-order valence-electron chi connectivity index (χ2n) is 8.50. The average Bonchev–Trinajstić information content (AvgIpc) is 3.33. The molecule has 0 bridgehead atoms. The van der Waals surface area contributed by atoms with Gasteiger partial charge in [-0.2, -0.15) is 8.42 Å². The van der Waals surface area contributed by atoms with Gasteiger partial charge in [-0.1, -0.05) is 29.3 Å². The summed E-state index contributed by atoms with van der Waals surface area (Å²) in [5.74, 6) is -1.31. The molecule has 1 fully saturated rings. The van der Waals surface area contributed by atoms with E-state index < -0.39 is 15.9 Å². The zero-order valence-corrected chi connectivity index (χ0v) is 19.8. The van der Waals surface area contributed by atoms with Crippen molar-refractivity contribution >= 4 is 32.8 Å². The monoisotopic (exact) mass is 481 g/mol. The third kappa shape index (κ3) is 6.49. The number of fused-ring (bicyclic) bond motifs is 1. The Morgan fingerprint density at radius 2 is 1.81 bits per heavy atom. The highest BCUT2D eigenvalue weighted by atomic mass is 35.5. The summed E-state index contributed by atoms with van der Waals surface area (Å²) in [7, 11) is -3.72. The Labute approximate surface area is 193 Å². The largest absolute Gasteiger partial charge is 0.366 e. The van der Waals surface area contributed by atoms with Crippen LogP contribution >= 0.6 is 11.6 Å². The standard InChI is InChI=1S/C19H20ClN3O3S.C3H8O2/c1-13-2-6-16(7-3-13)27(24,25)26-11-14-4-5-15(10-14)23-9-8-17-18(20)21-12-22-19(17)23;1-3(2,4)5/h2-3,6-9,12,14-15H,4-5,10-11H2,1H3;4-5H,1-2H3. The van der Waals surface area contributed by atoms with E-state index in [1.807, 2.05) is 19.2 Å². The molecule has 0 saturated heterocycles. The van der Waals surface area contributed by atoms with Crippen molar-refractivity contribution < 1.29 is 22.8 Å². The smallest absolute Gasteiger partial charge is 0.296 e. The summed E-state index contributed by atoms with van der Waals surface area (Å²) >= 11 is 6.12. The van der Waals surface area contributed by atoms with E-state index in [9.17, 15) is 8.42 Å². The Morgan fingerprint density at radius 1 is 1.16 bits per heavy atom. The van der Waals surface area contributed by atoms with Crippen LogP contribution in [0.2, 0.25) is 5.15 Å². The molecule has 174 valence electrons. The van der Waals surface area contributed by atoms with E-state index in [0.29, 0.717) is 5.15 Å². The van der Waals surface area contributed by atoms with Crippen molar-refractivity contribution in [1.82, 2.24) is 14.5 Å². The second kappa shape index (κ2) is 9.84. The van der Waals surface area contributed by atoms with E-state index in [0.717, 1.165) is 35.9 Å². The van der Waals surface area contributed by atoms with Gasteiger partial charge in [0.1, 0.15) is 17.1 Å². The zero-order valence-electron chi connectivity index (χ0n) is 18.3. The molecule has 0 spiro atoms. The molecule has 2 N–H and O–H groups in total. The van der Waals surface area contributed by atoms with Crippen molar-refractivity contribution in [3.05, 3.63) is 53.6 Å². The minimum atomic E-state index is -3.72. The Morgan fingerprint density at radius 3 is 2.47 bits per heavy atom. The molecule has 2 aromatic heterocycles. The molecular formula is C22H28ClN3O5S. The van der Waals surface area contributed by atoms with E-state index >= 15 is 0 Å². The van der Waals surface area contributed by atoms with Crippen molar-refractivity contribution in [3.8, 4) is 0 Å². The molecule has 0 aliphatic heterocycles. The van der Waals surface area contributed by atoms with Crippen LogP contribution in [0.25, 0.3) is 11.0 Å². The van der Waals surface area contributed by atoms with Gasteiger partial charge in [-0.05, 0) is 64.2 Å². The molecule has 10 heteroatoms. The van der Waals surface area contributed by atoms with Crippen LogP contribution < -0.4 is 0 Å². The van der Waals surface area contributed by atoms with Gasteiger partial charge in [-0.15, -0.1) is 0 Å². The van der Waals surface area contributed by atoms with E-state index in [4.69, 9.17) is 26.0 Å². The minimum absolute atomic E-state index is 0.185. The number of aryl methyl sites for hydroxylation is 1. The first-order valence-electron chi connectivity index (χ1n) is 10.3. The van der Waals surface area contributed by atoms with Gasteiger partial charge in [0.05, 0.1) is 16.9 Å². The molecule has 2 heterocycles. The number of rotatable bonds is 5.